The third-order valence-electron chi connectivity index (χ3n) is 5.32. The van der Waals surface area contributed by atoms with Gasteiger partial charge in [-0.05, 0) is 32.7 Å². The standard InChI is InChI=1S/C27H22O3/c28-23(15-21-11-5-9-19-7-1-3-13-26(19)21)17-25(30)18-24(29)16-22-12-6-10-20-8-2-4-14-27(20)22/h1-14H,15-18H2. The maximum Gasteiger partial charge on any atom is 0.147 e. The lowest BCUT2D eigenvalue weighted by Gasteiger charge is -2.07. The Kier molecular flexibility index (Phi) is 5.80. The highest BCUT2D eigenvalue weighted by molar-refractivity contribution is 6.09. The lowest BCUT2D eigenvalue weighted by molar-refractivity contribution is -0.129. The van der Waals surface area contributed by atoms with Crippen LogP contribution in [-0.4, -0.2) is 17.3 Å². The molecule has 4 aromatic carbocycles. The Morgan fingerprint density at radius 3 is 1.33 bits per heavy atom. The van der Waals surface area contributed by atoms with Gasteiger partial charge in [0.15, 0.2) is 0 Å². The van der Waals surface area contributed by atoms with Crippen LogP contribution in [0.2, 0.25) is 0 Å². The first-order valence-corrected chi connectivity index (χ1v) is 10.1. The van der Waals surface area contributed by atoms with E-state index in [-0.39, 0.29) is 43.0 Å². The van der Waals surface area contributed by atoms with E-state index in [4.69, 9.17) is 0 Å². The molecule has 4 rings (SSSR count). The molecule has 3 nitrogen and oxygen atoms in total. The maximum absolute atomic E-state index is 12.4. The van der Waals surface area contributed by atoms with Crippen molar-refractivity contribution in [3.63, 3.8) is 0 Å². The highest BCUT2D eigenvalue weighted by Crippen LogP contribution is 2.21. The first-order valence-electron chi connectivity index (χ1n) is 10.1. The molecule has 0 atom stereocenters. The minimum Gasteiger partial charge on any atom is -0.299 e. The van der Waals surface area contributed by atoms with Crippen LogP contribution in [0.5, 0.6) is 0 Å². The van der Waals surface area contributed by atoms with Gasteiger partial charge in [-0.25, -0.2) is 0 Å². The van der Waals surface area contributed by atoms with E-state index >= 15 is 0 Å². The second-order valence-electron chi connectivity index (χ2n) is 7.60. The molecule has 0 heterocycles. The molecule has 0 aliphatic rings. The molecule has 0 aliphatic heterocycles. The molecule has 0 spiro atoms. The first kappa shape index (κ1) is 19.7. The number of benzene rings is 4. The number of hydrogen-bond acceptors (Lipinski definition) is 3. The van der Waals surface area contributed by atoms with Crippen molar-refractivity contribution in [1.82, 2.24) is 0 Å². The van der Waals surface area contributed by atoms with Crippen molar-refractivity contribution in [2.45, 2.75) is 25.7 Å². The van der Waals surface area contributed by atoms with E-state index in [9.17, 15) is 14.4 Å². The average Bonchev–Trinajstić information content (AvgIpc) is 2.74. The van der Waals surface area contributed by atoms with E-state index in [1.54, 1.807) is 0 Å². The van der Waals surface area contributed by atoms with Crippen LogP contribution < -0.4 is 0 Å². The molecule has 148 valence electrons. The summed E-state index contributed by atoms with van der Waals surface area (Å²) in [4.78, 5) is 37.2. The fraction of sp³-hybridized carbons (Fsp3) is 0.148. The van der Waals surface area contributed by atoms with Crippen LogP contribution in [-0.2, 0) is 27.2 Å². The van der Waals surface area contributed by atoms with Gasteiger partial charge in [0.05, 0.1) is 12.8 Å². The number of carbonyl (C=O) groups excluding carboxylic acids is 3. The van der Waals surface area contributed by atoms with Crippen LogP contribution in [0.4, 0.5) is 0 Å². The van der Waals surface area contributed by atoms with Crippen molar-refractivity contribution in [2.24, 2.45) is 0 Å². The fourth-order valence-corrected chi connectivity index (χ4v) is 3.95. The molecule has 0 bridgehead atoms. The molecule has 0 radical (unpaired) electrons. The van der Waals surface area contributed by atoms with Crippen molar-refractivity contribution in [3.8, 4) is 0 Å². The molecule has 0 fully saturated rings. The normalized spacial score (nSPS) is 10.9. The summed E-state index contributed by atoms with van der Waals surface area (Å²) in [6, 6.07) is 27.4. The number of rotatable bonds is 8. The van der Waals surface area contributed by atoms with Crippen molar-refractivity contribution in [1.29, 1.82) is 0 Å². The summed E-state index contributed by atoms with van der Waals surface area (Å²) in [5, 5.41) is 4.18. The van der Waals surface area contributed by atoms with Gasteiger partial charge in [-0.15, -0.1) is 0 Å². The molecule has 0 aromatic heterocycles. The van der Waals surface area contributed by atoms with Gasteiger partial charge >= 0.3 is 0 Å². The summed E-state index contributed by atoms with van der Waals surface area (Å²) in [6.07, 6.45) is -0.00971. The molecule has 30 heavy (non-hydrogen) atoms. The van der Waals surface area contributed by atoms with E-state index in [2.05, 4.69) is 0 Å². The Balaban J connectivity index is 1.37. The summed E-state index contributed by atoms with van der Waals surface area (Å²) in [5.74, 6) is -0.630. The first-order chi connectivity index (χ1) is 14.6. The van der Waals surface area contributed by atoms with Crippen LogP contribution in [0.3, 0.4) is 0 Å². The van der Waals surface area contributed by atoms with Crippen molar-refractivity contribution < 1.29 is 14.4 Å². The topological polar surface area (TPSA) is 51.2 Å². The monoisotopic (exact) mass is 394 g/mol. The largest absolute Gasteiger partial charge is 0.299 e. The summed E-state index contributed by atoms with van der Waals surface area (Å²) < 4.78 is 0. The Morgan fingerprint density at radius 1 is 0.467 bits per heavy atom. The van der Waals surface area contributed by atoms with Gasteiger partial charge in [0.1, 0.15) is 17.3 Å². The minimum atomic E-state index is -0.314. The molecular weight excluding hydrogens is 372 g/mol. The molecule has 0 unspecified atom stereocenters. The number of ketones is 3. The molecule has 4 aromatic rings. The van der Waals surface area contributed by atoms with Crippen LogP contribution >= 0.6 is 0 Å². The maximum atomic E-state index is 12.4. The summed E-state index contributed by atoms with van der Waals surface area (Å²) in [5.41, 5.74) is 1.82. The van der Waals surface area contributed by atoms with E-state index in [0.29, 0.717) is 0 Å². The summed E-state index contributed by atoms with van der Waals surface area (Å²) >= 11 is 0. The Bertz CT molecular complexity index is 1150. The SMILES string of the molecule is O=C(CC(=O)Cc1cccc2ccccc12)CC(=O)Cc1cccc2ccccc12. The van der Waals surface area contributed by atoms with Crippen LogP contribution in [0.25, 0.3) is 21.5 Å². The van der Waals surface area contributed by atoms with Crippen molar-refractivity contribution >= 4 is 38.9 Å². The zero-order valence-corrected chi connectivity index (χ0v) is 16.6. The quantitative estimate of drug-likeness (QED) is 0.383. The van der Waals surface area contributed by atoms with Crippen LogP contribution in [0, 0.1) is 0 Å². The van der Waals surface area contributed by atoms with E-state index in [1.807, 2.05) is 84.9 Å². The van der Waals surface area contributed by atoms with Gasteiger partial charge in [-0.3, -0.25) is 14.4 Å². The predicted octanol–water partition coefficient (Wildman–Crippen LogP) is 5.27. The smallest absolute Gasteiger partial charge is 0.147 e. The van der Waals surface area contributed by atoms with Crippen LogP contribution in [0.1, 0.15) is 24.0 Å². The third kappa shape index (κ3) is 4.52. The number of Topliss-reactive ketones (excluding diaryl/α,β-unsaturated/α-hetero) is 3. The molecule has 0 aliphatic carbocycles. The average molecular weight is 394 g/mol. The Hall–Kier alpha value is -3.59. The zero-order chi connectivity index (χ0) is 20.9. The van der Waals surface area contributed by atoms with Crippen LogP contribution in [0.15, 0.2) is 84.9 Å². The number of carbonyl (C=O) groups is 3. The van der Waals surface area contributed by atoms with Gasteiger partial charge in [-0.2, -0.15) is 0 Å². The van der Waals surface area contributed by atoms with E-state index < -0.39 is 0 Å². The second-order valence-corrected chi connectivity index (χ2v) is 7.60. The van der Waals surface area contributed by atoms with Crippen molar-refractivity contribution in [2.75, 3.05) is 0 Å². The van der Waals surface area contributed by atoms with E-state index in [1.165, 1.54) is 0 Å². The zero-order valence-electron chi connectivity index (χ0n) is 16.6. The Labute approximate surface area is 175 Å². The predicted molar refractivity (Wildman–Crippen MR) is 120 cm³/mol. The molecule has 0 saturated carbocycles. The lowest BCUT2D eigenvalue weighted by Crippen LogP contribution is -2.15. The highest BCUT2D eigenvalue weighted by Gasteiger charge is 2.16. The molecular formula is C27H22O3. The van der Waals surface area contributed by atoms with Gasteiger partial charge in [0.2, 0.25) is 0 Å². The van der Waals surface area contributed by atoms with Gasteiger partial charge in [0, 0.05) is 12.8 Å². The summed E-state index contributed by atoms with van der Waals surface area (Å²) in [6.45, 7) is 0. The van der Waals surface area contributed by atoms with Gasteiger partial charge < -0.3 is 0 Å². The second kappa shape index (κ2) is 8.83. The number of fused-ring (bicyclic) bond motifs is 2. The number of hydrogen-bond donors (Lipinski definition) is 0. The lowest BCUT2D eigenvalue weighted by atomic mass is 9.96. The molecule has 0 saturated heterocycles. The third-order valence-corrected chi connectivity index (χ3v) is 5.32. The van der Waals surface area contributed by atoms with E-state index in [0.717, 1.165) is 32.7 Å². The highest BCUT2D eigenvalue weighted by atomic mass is 16.2. The molecule has 3 heteroatoms. The van der Waals surface area contributed by atoms with Gasteiger partial charge in [-0.1, -0.05) is 84.9 Å². The summed E-state index contributed by atoms with van der Waals surface area (Å²) in [7, 11) is 0. The molecule has 0 amide bonds. The fourth-order valence-electron chi connectivity index (χ4n) is 3.95. The van der Waals surface area contributed by atoms with Crippen molar-refractivity contribution in [3.05, 3.63) is 96.1 Å². The molecule has 0 N–H and O–H groups in total. The minimum absolute atomic E-state index is 0.158. The van der Waals surface area contributed by atoms with Gasteiger partial charge in [0.25, 0.3) is 0 Å². The Morgan fingerprint density at radius 2 is 0.867 bits per heavy atom.